The molecule has 0 heterocycles. The molecule has 2 aromatic rings. The summed E-state index contributed by atoms with van der Waals surface area (Å²) >= 11 is 2.34. The fourth-order valence-electron chi connectivity index (χ4n) is 1.99. The van der Waals surface area contributed by atoms with Gasteiger partial charge in [0.25, 0.3) is 0 Å². The molecule has 0 fully saturated rings. The van der Waals surface area contributed by atoms with Crippen LogP contribution in [0, 0.1) is 0 Å². The third-order valence-electron chi connectivity index (χ3n) is 3.04. The van der Waals surface area contributed by atoms with Gasteiger partial charge in [-0.25, -0.2) is 0 Å². The molecule has 19 heavy (non-hydrogen) atoms. The first kappa shape index (κ1) is 14.1. The summed E-state index contributed by atoms with van der Waals surface area (Å²) in [6.07, 6.45) is 0. The molecule has 0 unspecified atom stereocenters. The van der Waals surface area contributed by atoms with Gasteiger partial charge in [-0.15, -0.1) is 0 Å². The number of ketones is 1. The summed E-state index contributed by atoms with van der Waals surface area (Å²) in [6.45, 7) is 1.59. The van der Waals surface area contributed by atoms with E-state index in [1.165, 1.54) is 5.56 Å². The van der Waals surface area contributed by atoms with E-state index in [4.69, 9.17) is 4.74 Å². The third-order valence-corrected chi connectivity index (χ3v) is 3.86. The van der Waals surface area contributed by atoms with Crippen molar-refractivity contribution in [3.05, 3.63) is 53.6 Å². The zero-order chi connectivity index (χ0) is 13.8. The summed E-state index contributed by atoms with van der Waals surface area (Å²) in [7, 11) is 1.67. The molecule has 0 N–H and O–H groups in total. The molecule has 0 aliphatic rings. The Morgan fingerprint density at radius 3 is 2.63 bits per heavy atom. The third kappa shape index (κ3) is 3.15. The van der Waals surface area contributed by atoms with E-state index >= 15 is 0 Å². The second-order valence-corrected chi connectivity index (χ2v) is 5.06. The lowest BCUT2D eigenvalue weighted by molar-refractivity contribution is 0.101. The second-order valence-electron chi connectivity index (χ2n) is 4.29. The van der Waals surface area contributed by atoms with Gasteiger partial charge in [-0.3, -0.25) is 4.79 Å². The van der Waals surface area contributed by atoms with Crippen LogP contribution in [-0.4, -0.2) is 12.9 Å². The predicted octanol–water partition coefficient (Wildman–Crippen LogP) is 4.50. The summed E-state index contributed by atoms with van der Waals surface area (Å²) in [5.41, 5.74) is 4.17. The van der Waals surface area contributed by atoms with Crippen LogP contribution in [0.15, 0.2) is 42.5 Å². The van der Waals surface area contributed by atoms with Crippen molar-refractivity contribution in [1.29, 1.82) is 0 Å². The number of alkyl halides is 1. The molecule has 0 saturated carbocycles. The van der Waals surface area contributed by atoms with Crippen LogP contribution in [0.1, 0.15) is 22.8 Å². The van der Waals surface area contributed by atoms with E-state index in [0.717, 1.165) is 26.9 Å². The van der Waals surface area contributed by atoms with Crippen molar-refractivity contribution in [2.45, 2.75) is 11.4 Å². The highest BCUT2D eigenvalue weighted by Gasteiger charge is 2.08. The number of rotatable bonds is 4. The number of benzene rings is 2. The van der Waals surface area contributed by atoms with Gasteiger partial charge in [-0.2, -0.15) is 0 Å². The Bertz CT molecular complexity index is 605. The van der Waals surface area contributed by atoms with E-state index in [-0.39, 0.29) is 5.78 Å². The molecule has 2 nitrogen and oxygen atoms in total. The van der Waals surface area contributed by atoms with Gasteiger partial charge in [0.2, 0.25) is 0 Å². The standard InChI is InChI=1S/C16H15IO2/c1-11(18)12-4-3-5-13(8-12)16-7-6-15(19-2)9-14(16)10-17/h3-9H,10H2,1-2H3. The number of ether oxygens (including phenoxy) is 1. The Labute approximate surface area is 126 Å². The number of methoxy groups -OCH3 is 1. The molecule has 0 amide bonds. The van der Waals surface area contributed by atoms with Gasteiger partial charge < -0.3 is 4.74 Å². The molecule has 3 heteroatoms. The quantitative estimate of drug-likeness (QED) is 0.453. The van der Waals surface area contributed by atoms with Crippen LogP contribution >= 0.6 is 22.6 Å². The number of carbonyl (C=O) groups is 1. The van der Waals surface area contributed by atoms with E-state index in [9.17, 15) is 4.79 Å². The Kier molecular flexibility index (Phi) is 4.58. The summed E-state index contributed by atoms with van der Waals surface area (Å²) < 4.78 is 6.15. The van der Waals surface area contributed by atoms with Crippen LogP contribution in [0.2, 0.25) is 0 Å². The van der Waals surface area contributed by atoms with Crippen molar-refractivity contribution >= 4 is 28.4 Å². The molecule has 0 radical (unpaired) electrons. The number of hydrogen-bond donors (Lipinski definition) is 0. The fourth-order valence-corrected chi connectivity index (χ4v) is 2.63. The topological polar surface area (TPSA) is 26.3 Å². The average Bonchev–Trinajstić information content (AvgIpc) is 2.46. The zero-order valence-electron chi connectivity index (χ0n) is 10.9. The molecule has 98 valence electrons. The normalized spacial score (nSPS) is 10.3. The lowest BCUT2D eigenvalue weighted by atomic mass is 9.98. The minimum absolute atomic E-state index is 0.0892. The Hall–Kier alpha value is -1.36. The Morgan fingerprint density at radius 1 is 1.21 bits per heavy atom. The highest BCUT2D eigenvalue weighted by atomic mass is 127. The van der Waals surface area contributed by atoms with E-state index in [2.05, 4.69) is 22.6 Å². The van der Waals surface area contributed by atoms with Crippen LogP contribution in [0.3, 0.4) is 0 Å². The lowest BCUT2D eigenvalue weighted by Gasteiger charge is -2.10. The van der Waals surface area contributed by atoms with Crippen LogP contribution in [0.25, 0.3) is 11.1 Å². The molecule has 0 aliphatic carbocycles. The highest BCUT2D eigenvalue weighted by Crippen LogP contribution is 2.29. The van der Waals surface area contributed by atoms with E-state index in [1.807, 2.05) is 42.5 Å². The Balaban J connectivity index is 2.52. The summed E-state index contributed by atoms with van der Waals surface area (Å²) in [4.78, 5) is 11.5. The molecule has 0 spiro atoms. The van der Waals surface area contributed by atoms with Crippen LogP contribution in [-0.2, 0) is 4.43 Å². The highest BCUT2D eigenvalue weighted by molar-refractivity contribution is 14.1. The largest absolute Gasteiger partial charge is 0.497 e. The molecule has 0 saturated heterocycles. The van der Waals surface area contributed by atoms with Crippen molar-refractivity contribution in [3.8, 4) is 16.9 Å². The fraction of sp³-hybridized carbons (Fsp3) is 0.188. The lowest BCUT2D eigenvalue weighted by Crippen LogP contribution is -1.94. The molecule has 0 aliphatic heterocycles. The van der Waals surface area contributed by atoms with Crippen LogP contribution in [0.4, 0.5) is 0 Å². The predicted molar refractivity (Wildman–Crippen MR) is 86.2 cm³/mol. The zero-order valence-corrected chi connectivity index (χ0v) is 13.1. The summed E-state index contributed by atoms with van der Waals surface area (Å²) in [6, 6.07) is 13.8. The van der Waals surface area contributed by atoms with Crippen LogP contribution < -0.4 is 4.74 Å². The maximum absolute atomic E-state index is 11.5. The Morgan fingerprint density at radius 2 is 2.00 bits per heavy atom. The van der Waals surface area contributed by atoms with Crippen molar-refractivity contribution in [1.82, 2.24) is 0 Å². The van der Waals surface area contributed by atoms with Crippen molar-refractivity contribution in [3.63, 3.8) is 0 Å². The maximum atomic E-state index is 11.5. The van der Waals surface area contributed by atoms with Gasteiger partial charge >= 0.3 is 0 Å². The second kappa shape index (κ2) is 6.19. The molecule has 0 aromatic heterocycles. The molecule has 2 rings (SSSR count). The first-order valence-electron chi connectivity index (χ1n) is 6.00. The van der Waals surface area contributed by atoms with Gasteiger partial charge in [-0.1, -0.05) is 46.9 Å². The number of halogens is 1. The SMILES string of the molecule is COc1ccc(-c2cccc(C(C)=O)c2)c(CI)c1. The maximum Gasteiger partial charge on any atom is 0.159 e. The number of hydrogen-bond acceptors (Lipinski definition) is 2. The molecule has 2 aromatic carbocycles. The number of Topliss-reactive ketones (excluding diaryl/α,β-unsaturated/α-hetero) is 1. The number of carbonyl (C=O) groups excluding carboxylic acids is 1. The van der Waals surface area contributed by atoms with Gasteiger partial charge in [-0.05, 0) is 41.8 Å². The van der Waals surface area contributed by atoms with Gasteiger partial charge in [0.15, 0.2) is 5.78 Å². The van der Waals surface area contributed by atoms with Gasteiger partial charge in [0.05, 0.1) is 7.11 Å². The summed E-state index contributed by atoms with van der Waals surface area (Å²) in [5.74, 6) is 0.949. The van der Waals surface area contributed by atoms with Gasteiger partial charge in [0, 0.05) is 9.99 Å². The summed E-state index contributed by atoms with van der Waals surface area (Å²) in [5, 5.41) is 0. The van der Waals surface area contributed by atoms with Crippen molar-refractivity contribution < 1.29 is 9.53 Å². The van der Waals surface area contributed by atoms with Gasteiger partial charge in [0.1, 0.15) is 5.75 Å². The average molecular weight is 366 g/mol. The minimum atomic E-state index is 0.0892. The minimum Gasteiger partial charge on any atom is -0.497 e. The van der Waals surface area contributed by atoms with Crippen LogP contribution in [0.5, 0.6) is 5.75 Å². The van der Waals surface area contributed by atoms with E-state index in [0.29, 0.717) is 0 Å². The van der Waals surface area contributed by atoms with Crippen molar-refractivity contribution in [2.24, 2.45) is 0 Å². The van der Waals surface area contributed by atoms with E-state index in [1.54, 1.807) is 14.0 Å². The molecule has 0 atom stereocenters. The molecule has 0 bridgehead atoms. The molecular weight excluding hydrogens is 351 g/mol. The smallest absolute Gasteiger partial charge is 0.159 e. The first-order chi connectivity index (χ1) is 9.15. The van der Waals surface area contributed by atoms with Crippen molar-refractivity contribution in [2.75, 3.05) is 7.11 Å². The monoisotopic (exact) mass is 366 g/mol. The first-order valence-corrected chi connectivity index (χ1v) is 7.52. The van der Waals surface area contributed by atoms with E-state index < -0.39 is 0 Å². The molecular formula is C16H15IO2.